The third kappa shape index (κ3) is 4.30. The van der Waals surface area contributed by atoms with Gasteiger partial charge in [-0.3, -0.25) is 4.79 Å². The lowest BCUT2D eigenvalue weighted by atomic mass is 9.98. The van der Waals surface area contributed by atoms with Gasteiger partial charge in [0.1, 0.15) is 10.0 Å². The van der Waals surface area contributed by atoms with Crippen LogP contribution in [0.2, 0.25) is 0 Å². The molecule has 0 saturated carbocycles. The summed E-state index contributed by atoms with van der Waals surface area (Å²) < 4.78 is 5.25. The Morgan fingerprint density at radius 3 is 2.64 bits per heavy atom. The lowest BCUT2D eigenvalue weighted by Gasteiger charge is -2.12. The number of carbonyl (C=O) groups is 1. The average molecular weight is 356 g/mol. The van der Waals surface area contributed by atoms with Crippen LogP contribution in [0.5, 0.6) is 0 Å². The number of hydrogen-bond acceptors (Lipinski definition) is 6. The van der Waals surface area contributed by atoms with E-state index in [1.54, 1.807) is 17.4 Å². The van der Waals surface area contributed by atoms with Gasteiger partial charge in [0.15, 0.2) is 11.5 Å². The summed E-state index contributed by atoms with van der Waals surface area (Å²) in [4.78, 5) is 12.2. The van der Waals surface area contributed by atoms with Crippen LogP contribution < -0.4 is 5.32 Å². The van der Waals surface area contributed by atoms with E-state index in [4.69, 9.17) is 4.52 Å². The van der Waals surface area contributed by atoms with Crippen molar-refractivity contribution in [3.05, 3.63) is 52.1 Å². The molecule has 0 aliphatic heterocycles. The Labute approximate surface area is 150 Å². The van der Waals surface area contributed by atoms with E-state index in [1.165, 1.54) is 0 Å². The van der Waals surface area contributed by atoms with Crippen LogP contribution in [-0.4, -0.2) is 27.8 Å². The minimum Gasteiger partial charge on any atom is -0.355 e. The predicted octanol–water partition coefficient (Wildman–Crippen LogP) is 3.46. The van der Waals surface area contributed by atoms with Gasteiger partial charge in [0.25, 0.3) is 5.91 Å². The molecule has 3 rings (SSSR count). The summed E-state index contributed by atoms with van der Waals surface area (Å²) in [6.07, 6.45) is 0.642. The van der Waals surface area contributed by atoms with Crippen LogP contribution in [-0.2, 0) is 11.8 Å². The van der Waals surface area contributed by atoms with Gasteiger partial charge in [-0.1, -0.05) is 56.3 Å². The smallest absolute Gasteiger partial charge is 0.273 e. The van der Waals surface area contributed by atoms with Gasteiger partial charge in [-0.05, 0) is 0 Å². The Kier molecular flexibility index (Phi) is 4.94. The first kappa shape index (κ1) is 17.3. The average Bonchev–Trinajstić information content (AvgIpc) is 3.25. The molecule has 0 fully saturated rings. The van der Waals surface area contributed by atoms with Gasteiger partial charge in [-0.15, -0.1) is 21.5 Å². The molecule has 25 heavy (non-hydrogen) atoms. The van der Waals surface area contributed by atoms with Crippen LogP contribution in [0.4, 0.5) is 0 Å². The number of nitrogens with one attached hydrogen (secondary N) is 1. The third-order valence-corrected chi connectivity index (χ3v) is 4.94. The van der Waals surface area contributed by atoms with Gasteiger partial charge in [0.2, 0.25) is 0 Å². The molecular formula is C18H20N4O2S. The van der Waals surface area contributed by atoms with Crippen molar-refractivity contribution in [1.29, 1.82) is 0 Å². The molecule has 0 aliphatic carbocycles. The molecule has 2 aromatic heterocycles. The molecule has 0 spiro atoms. The normalized spacial score (nSPS) is 11.5. The van der Waals surface area contributed by atoms with Gasteiger partial charge in [-0.25, -0.2) is 0 Å². The number of rotatable bonds is 5. The second-order valence-electron chi connectivity index (χ2n) is 6.70. The summed E-state index contributed by atoms with van der Waals surface area (Å²) >= 11 is 1.58. The number of aromatic nitrogens is 3. The lowest BCUT2D eigenvalue weighted by molar-refractivity contribution is 0.0945. The van der Waals surface area contributed by atoms with Crippen molar-refractivity contribution in [3.63, 3.8) is 0 Å². The van der Waals surface area contributed by atoms with Crippen molar-refractivity contribution in [1.82, 2.24) is 20.7 Å². The van der Waals surface area contributed by atoms with Crippen LogP contribution in [0.1, 0.15) is 41.3 Å². The fourth-order valence-corrected chi connectivity index (χ4v) is 3.05. The highest BCUT2D eigenvalue weighted by molar-refractivity contribution is 7.11. The van der Waals surface area contributed by atoms with Crippen molar-refractivity contribution in [2.75, 3.05) is 6.54 Å². The number of carbonyl (C=O) groups excluding carboxylic acids is 1. The molecule has 7 heteroatoms. The maximum Gasteiger partial charge on any atom is 0.273 e. The molecule has 0 aliphatic rings. The van der Waals surface area contributed by atoms with Crippen LogP contribution in [0.15, 0.2) is 40.9 Å². The highest BCUT2D eigenvalue weighted by Crippen LogP contribution is 2.25. The number of hydrogen-bond donors (Lipinski definition) is 1. The number of benzene rings is 1. The summed E-state index contributed by atoms with van der Waals surface area (Å²) in [5.41, 5.74) is 1.15. The van der Waals surface area contributed by atoms with Gasteiger partial charge < -0.3 is 9.84 Å². The molecule has 0 atom stereocenters. The standard InChI is InChI=1S/C18H20N4O2S/c1-18(2,3)17-21-20-15(25-17)9-10-19-16(23)13-11-14(24-22-13)12-7-5-4-6-8-12/h4-8,11H,9-10H2,1-3H3,(H,19,23). The molecule has 1 N–H and O–H groups in total. The molecule has 0 bridgehead atoms. The van der Waals surface area contributed by atoms with Crippen molar-refractivity contribution in [2.45, 2.75) is 32.6 Å². The largest absolute Gasteiger partial charge is 0.355 e. The highest BCUT2D eigenvalue weighted by Gasteiger charge is 2.19. The topological polar surface area (TPSA) is 80.9 Å². The van der Waals surface area contributed by atoms with Gasteiger partial charge in [0, 0.05) is 30.0 Å². The van der Waals surface area contributed by atoms with Gasteiger partial charge >= 0.3 is 0 Å². The fraction of sp³-hybridized carbons (Fsp3) is 0.333. The van der Waals surface area contributed by atoms with Crippen LogP contribution in [0.3, 0.4) is 0 Å². The molecular weight excluding hydrogens is 336 g/mol. The summed E-state index contributed by atoms with van der Waals surface area (Å²) in [5.74, 6) is 0.316. The van der Waals surface area contributed by atoms with Crippen molar-refractivity contribution >= 4 is 17.2 Å². The fourth-order valence-electron chi connectivity index (χ4n) is 2.15. The monoisotopic (exact) mass is 356 g/mol. The van der Waals surface area contributed by atoms with E-state index in [9.17, 15) is 4.79 Å². The Hall–Kier alpha value is -2.54. The van der Waals surface area contributed by atoms with Crippen LogP contribution >= 0.6 is 11.3 Å². The van der Waals surface area contributed by atoms with Gasteiger partial charge in [0.05, 0.1) is 0 Å². The summed E-state index contributed by atoms with van der Waals surface area (Å²) in [7, 11) is 0. The second kappa shape index (κ2) is 7.14. The van der Waals surface area contributed by atoms with Crippen LogP contribution in [0, 0.1) is 0 Å². The van der Waals surface area contributed by atoms with E-state index < -0.39 is 0 Å². The number of amides is 1. The van der Waals surface area contributed by atoms with E-state index >= 15 is 0 Å². The molecule has 0 radical (unpaired) electrons. The number of nitrogens with zero attached hydrogens (tertiary/aromatic N) is 3. The summed E-state index contributed by atoms with van der Waals surface area (Å²) in [5, 5.41) is 17.0. The maximum absolute atomic E-state index is 12.2. The van der Waals surface area contributed by atoms with E-state index in [1.807, 2.05) is 30.3 Å². The summed E-state index contributed by atoms with van der Waals surface area (Å²) in [6.45, 7) is 6.79. The molecule has 130 valence electrons. The lowest BCUT2D eigenvalue weighted by Crippen LogP contribution is -2.25. The highest BCUT2D eigenvalue weighted by atomic mass is 32.1. The Balaban J connectivity index is 1.55. The zero-order valence-electron chi connectivity index (χ0n) is 14.4. The van der Waals surface area contributed by atoms with Crippen molar-refractivity contribution in [2.24, 2.45) is 0 Å². The van der Waals surface area contributed by atoms with E-state index in [2.05, 4.69) is 41.4 Å². The molecule has 0 unspecified atom stereocenters. The minimum atomic E-state index is -0.258. The van der Waals surface area contributed by atoms with Crippen LogP contribution in [0.25, 0.3) is 11.3 Å². The zero-order chi connectivity index (χ0) is 17.9. The SMILES string of the molecule is CC(C)(C)c1nnc(CCNC(=O)c2cc(-c3ccccc3)on2)s1. The zero-order valence-corrected chi connectivity index (χ0v) is 15.3. The van der Waals surface area contributed by atoms with Crippen molar-refractivity contribution in [3.8, 4) is 11.3 Å². The summed E-state index contributed by atoms with van der Waals surface area (Å²) in [6, 6.07) is 11.2. The molecule has 6 nitrogen and oxygen atoms in total. The van der Waals surface area contributed by atoms with E-state index in [-0.39, 0.29) is 17.0 Å². The Bertz CT molecular complexity index is 849. The minimum absolute atomic E-state index is 0.00623. The van der Waals surface area contributed by atoms with Crippen molar-refractivity contribution < 1.29 is 9.32 Å². The molecule has 1 aromatic carbocycles. The molecule has 3 aromatic rings. The molecule has 2 heterocycles. The molecule has 0 saturated heterocycles. The Morgan fingerprint density at radius 2 is 1.96 bits per heavy atom. The van der Waals surface area contributed by atoms with E-state index in [0.717, 1.165) is 15.6 Å². The predicted molar refractivity (Wildman–Crippen MR) is 96.6 cm³/mol. The first-order valence-electron chi connectivity index (χ1n) is 8.07. The van der Waals surface area contributed by atoms with E-state index in [0.29, 0.717) is 18.7 Å². The molecule has 1 amide bonds. The quantitative estimate of drug-likeness (QED) is 0.757. The third-order valence-electron chi connectivity index (χ3n) is 3.53. The first-order chi connectivity index (χ1) is 11.9. The second-order valence-corrected chi connectivity index (χ2v) is 7.76. The maximum atomic E-state index is 12.2. The van der Waals surface area contributed by atoms with Gasteiger partial charge in [-0.2, -0.15) is 0 Å². The Morgan fingerprint density at radius 1 is 1.20 bits per heavy atom. The first-order valence-corrected chi connectivity index (χ1v) is 8.88.